The number of halogens is 1. The predicted octanol–water partition coefficient (Wildman–Crippen LogP) is 3.10. The van der Waals surface area contributed by atoms with Crippen molar-refractivity contribution < 1.29 is 13.9 Å². The van der Waals surface area contributed by atoms with E-state index < -0.39 is 0 Å². The van der Waals surface area contributed by atoms with Crippen molar-refractivity contribution in [3.8, 4) is 0 Å². The smallest absolute Gasteiger partial charge is 0.191 e. The Labute approximate surface area is 162 Å². The Hall–Kier alpha value is -1.66. The van der Waals surface area contributed by atoms with Gasteiger partial charge in [-0.2, -0.15) is 0 Å². The number of hydrogen-bond acceptors (Lipinski definition) is 3. The second-order valence-electron chi connectivity index (χ2n) is 7.67. The fourth-order valence-corrected chi connectivity index (χ4v) is 2.96. The van der Waals surface area contributed by atoms with E-state index in [2.05, 4.69) is 31.4 Å². The summed E-state index contributed by atoms with van der Waals surface area (Å²) in [5.74, 6) is 1.15. The third-order valence-corrected chi connectivity index (χ3v) is 4.74. The Morgan fingerprint density at radius 2 is 2.07 bits per heavy atom. The minimum Gasteiger partial charge on any atom is -0.381 e. The standard InChI is InChI=1S/C21H34FN3O2/c1-4-23-20(24-11-5-12-26-14-17-10-13-27-15-17)25-16-21(2,3)18-6-8-19(22)9-7-18/h6-9,17H,4-5,10-16H2,1-3H3,(H2,23,24,25). The fraction of sp³-hybridized carbons (Fsp3) is 0.667. The van der Waals surface area contributed by atoms with E-state index >= 15 is 0 Å². The first-order valence-electron chi connectivity index (χ1n) is 9.95. The molecule has 1 aromatic carbocycles. The number of guanidine groups is 1. The normalized spacial score (nSPS) is 17.9. The minimum atomic E-state index is -0.212. The van der Waals surface area contributed by atoms with Crippen LogP contribution in [-0.2, 0) is 14.9 Å². The van der Waals surface area contributed by atoms with E-state index in [1.807, 2.05) is 12.1 Å². The van der Waals surface area contributed by atoms with E-state index in [1.54, 1.807) is 0 Å². The highest BCUT2D eigenvalue weighted by Gasteiger charge is 2.20. The molecule has 152 valence electrons. The number of ether oxygens (including phenoxy) is 2. The fourth-order valence-electron chi connectivity index (χ4n) is 2.96. The third kappa shape index (κ3) is 7.85. The van der Waals surface area contributed by atoms with Crippen molar-refractivity contribution in [2.24, 2.45) is 10.9 Å². The van der Waals surface area contributed by atoms with E-state index in [1.165, 1.54) is 12.1 Å². The molecule has 0 saturated carbocycles. The van der Waals surface area contributed by atoms with Crippen LogP contribution in [0, 0.1) is 11.7 Å². The summed E-state index contributed by atoms with van der Waals surface area (Å²) in [6, 6.07) is 6.67. The molecule has 2 N–H and O–H groups in total. The summed E-state index contributed by atoms with van der Waals surface area (Å²) < 4.78 is 24.2. The molecule has 1 aliphatic heterocycles. The van der Waals surface area contributed by atoms with E-state index in [9.17, 15) is 4.39 Å². The lowest BCUT2D eigenvalue weighted by atomic mass is 9.85. The zero-order valence-electron chi connectivity index (χ0n) is 16.9. The van der Waals surface area contributed by atoms with Crippen LogP contribution in [0.3, 0.4) is 0 Å². The van der Waals surface area contributed by atoms with Crippen molar-refractivity contribution in [2.75, 3.05) is 46.1 Å². The molecule has 1 fully saturated rings. The maximum Gasteiger partial charge on any atom is 0.191 e. The Morgan fingerprint density at radius 1 is 1.30 bits per heavy atom. The van der Waals surface area contributed by atoms with Gasteiger partial charge in [-0.1, -0.05) is 26.0 Å². The van der Waals surface area contributed by atoms with Crippen molar-refractivity contribution >= 4 is 5.96 Å². The molecule has 1 aromatic rings. The number of nitrogens with zero attached hydrogens (tertiary/aromatic N) is 1. The highest BCUT2D eigenvalue weighted by Crippen LogP contribution is 2.23. The maximum atomic E-state index is 13.1. The number of benzene rings is 1. The minimum absolute atomic E-state index is 0.164. The van der Waals surface area contributed by atoms with Crippen LogP contribution in [0.15, 0.2) is 29.3 Å². The Kier molecular flexibility index (Phi) is 9.01. The van der Waals surface area contributed by atoms with Gasteiger partial charge in [0.05, 0.1) is 19.8 Å². The summed E-state index contributed by atoms with van der Waals surface area (Å²) in [4.78, 5) is 4.71. The largest absolute Gasteiger partial charge is 0.381 e. The molecule has 1 saturated heterocycles. The second kappa shape index (κ2) is 11.2. The summed E-state index contributed by atoms with van der Waals surface area (Å²) in [6.45, 7) is 11.8. The van der Waals surface area contributed by atoms with Gasteiger partial charge in [0.2, 0.25) is 0 Å². The Bertz CT molecular complexity index is 569. The average molecular weight is 380 g/mol. The van der Waals surface area contributed by atoms with Gasteiger partial charge in [-0.25, -0.2) is 4.39 Å². The Morgan fingerprint density at radius 3 is 2.74 bits per heavy atom. The monoisotopic (exact) mass is 379 g/mol. The van der Waals surface area contributed by atoms with Gasteiger partial charge in [0.25, 0.3) is 0 Å². The van der Waals surface area contributed by atoms with E-state index in [4.69, 9.17) is 14.5 Å². The first kappa shape index (κ1) is 21.6. The topological polar surface area (TPSA) is 54.9 Å². The van der Waals surface area contributed by atoms with E-state index in [-0.39, 0.29) is 11.2 Å². The maximum absolute atomic E-state index is 13.1. The average Bonchev–Trinajstić information content (AvgIpc) is 3.16. The molecule has 5 nitrogen and oxygen atoms in total. The number of aliphatic imine (C=N–C) groups is 1. The van der Waals surface area contributed by atoms with Crippen molar-refractivity contribution in [3.63, 3.8) is 0 Å². The first-order chi connectivity index (χ1) is 13.0. The molecule has 6 heteroatoms. The number of rotatable bonds is 10. The van der Waals surface area contributed by atoms with Gasteiger partial charge in [0, 0.05) is 37.6 Å². The molecule has 1 atom stereocenters. The van der Waals surface area contributed by atoms with Crippen LogP contribution in [0.1, 0.15) is 39.2 Å². The Balaban J connectivity index is 1.73. The molecule has 27 heavy (non-hydrogen) atoms. The predicted molar refractivity (Wildman–Crippen MR) is 108 cm³/mol. The molecule has 0 spiro atoms. The van der Waals surface area contributed by atoms with Crippen LogP contribution in [0.25, 0.3) is 0 Å². The van der Waals surface area contributed by atoms with Crippen LogP contribution in [-0.4, -0.2) is 52.0 Å². The highest BCUT2D eigenvalue weighted by molar-refractivity contribution is 5.79. The molecule has 1 aliphatic rings. The van der Waals surface area contributed by atoms with Gasteiger partial charge in [-0.3, -0.25) is 4.99 Å². The molecule has 0 aromatic heterocycles. The summed E-state index contributed by atoms with van der Waals surface area (Å²) >= 11 is 0. The van der Waals surface area contributed by atoms with Crippen molar-refractivity contribution in [1.82, 2.24) is 10.6 Å². The molecule has 0 bridgehead atoms. The quantitative estimate of drug-likeness (QED) is 0.373. The zero-order valence-corrected chi connectivity index (χ0v) is 16.9. The second-order valence-corrected chi connectivity index (χ2v) is 7.67. The summed E-state index contributed by atoms with van der Waals surface area (Å²) in [5, 5.41) is 6.63. The van der Waals surface area contributed by atoms with E-state index in [0.29, 0.717) is 12.5 Å². The molecular weight excluding hydrogens is 345 g/mol. The van der Waals surface area contributed by atoms with Crippen molar-refractivity contribution in [2.45, 2.75) is 39.0 Å². The molecule has 0 aliphatic carbocycles. The van der Waals surface area contributed by atoms with Gasteiger partial charge in [-0.15, -0.1) is 0 Å². The highest BCUT2D eigenvalue weighted by atomic mass is 19.1. The van der Waals surface area contributed by atoms with E-state index in [0.717, 1.165) is 63.9 Å². The van der Waals surface area contributed by atoms with Crippen LogP contribution in [0.2, 0.25) is 0 Å². The van der Waals surface area contributed by atoms with Crippen molar-refractivity contribution in [3.05, 3.63) is 35.6 Å². The lowest BCUT2D eigenvalue weighted by Crippen LogP contribution is -2.39. The first-order valence-corrected chi connectivity index (χ1v) is 9.95. The molecule has 1 heterocycles. The summed E-state index contributed by atoms with van der Waals surface area (Å²) in [6.07, 6.45) is 2.04. The molecule has 0 radical (unpaired) electrons. The lowest BCUT2D eigenvalue weighted by Gasteiger charge is -2.24. The zero-order chi connectivity index (χ0) is 19.5. The van der Waals surface area contributed by atoms with Crippen LogP contribution >= 0.6 is 0 Å². The molecule has 0 amide bonds. The number of nitrogens with one attached hydrogen (secondary N) is 2. The third-order valence-electron chi connectivity index (χ3n) is 4.74. The summed E-state index contributed by atoms with van der Waals surface area (Å²) in [7, 11) is 0. The molecule has 2 rings (SSSR count). The SMILES string of the molecule is CCNC(=NCC(C)(C)c1ccc(F)cc1)NCCCOCC1CCOC1. The van der Waals surface area contributed by atoms with Gasteiger partial charge in [-0.05, 0) is 37.5 Å². The van der Waals surface area contributed by atoms with Gasteiger partial charge >= 0.3 is 0 Å². The van der Waals surface area contributed by atoms with Crippen molar-refractivity contribution in [1.29, 1.82) is 0 Å². The van der Waals surface area contributed by atoms with Gasteiger partial charge < -0.3 is 20.1 Å². The van der Waals surface area contributed by atoms with Crippen LogP contribution < -0.4 is 10.6 Å². The lowest BCUT2D eigenvalue weighted by molar-refractivity contribution is 0.0888. The van der Waals surface area contributed by atoms with Gasteiger partial charge in [0.15, 0.2) is 5.96 Å². The number of hydrogen-bond donors (Lipinski definition) is 2. The van der Waals surface area contributed by atoms with Gasteiger partial charge in [0.1, 0.15) is 5.82 Å². The van der Waals surface area contributed by atoms with Crippen LogP contribution in [0.5, 0.6) is 0 Å². The summed E-state index contributed by atoms with van der Waals surface area (Å²) in [5.41, 5.74) is 0.912. The molecule has 1 unspecified atom stereocenters. The molecular formula is C21H34FN3O2. The van der Waals surface area contributed by atoms with Crippen LogP contribution in [0.4, 0.5) is 4.39 Å².